The number of benzene rings is 1. The van der Waals surface area contributed by atoms with Crippen LogP contribution in [0, 0.1) is 11.6 Å². The molecule has 4 atom stereocenters. The van der Waals surface area contributed by atoms with Crippen molar-refractivity contribution in [3.8, 4) is 0 Å². The number of halogens is 2. The van der Waals surface area contributed by atoms with Crippen LogP contribution in [0.15, 0.2) is 30.9 Å². The Labute approximate surface area is 165 Å². The first kappa shape index (κ1) is 22.5. The maximum Gasteiger partial charge on any atom is 0.217 e. The molecular weight excluding hydrogens is 366 g/mol. The number of unbranched alkanes of at least 4 members (excludes halogenated alkanes) is 1. The van der Waals surface area contributed by atoms with Crippen LogP contribution in [0.1, 0.15) is 38.2 Å². The van der Waals surface area contributed by atoms with Gasteiger partial charge in [0.25, 0.3) is 0 Å². The van der Waals surface area contributed by atoms with Crippen LogP contribution in [0.2, 0.25) is 0 Å². The number of aliphatic hydroxyl groups excluding tert-OH is 1. The molecule has 0 unspecified atom stereocenters. The highest BCUT2D eigenvalue weighted by Crippen LogP contribution is 2.19. The number of allylic oxidation sites excluding steroid dienone is 1. The van der Waals surface area contributed by atoms with Crippen molar-refractivity contribution in [2.75, 3.05) is 13.2 Å². The Hall–Kier alpha value is -1.83. The van der Waals surface area contributed by atoms with E-state index in [1.165, 1.54) is 19.1 Å². The van der Waals surface area contributed by atoms with E-state index in [1.54, 1.807) is 0 Å². The van der Waals surface area contributed by atoms with Crippen molar-refractivity contribution in [1.29, 1.82) is 0 Å². The monoisotopic (exact) mass is 396 g/mol. The fraction of sp³-hybridized carbons (Fsp3) is 0.571. The maximum atomic E-state index is 13.5. The third kappa shape index (κ3) is 7.30. The first-order chi connectivity index (χ1) is 13.4. The van der Waals surface area contributed by atoms with Crippen molar-refractivity contribution in [3.05, 3.63) is 48.1 Å². The van der Waals surface area contributed by atoms with E-state index in [2.05, 4.69) is 17.2 Å². The van der Waals surface area contributed by atoms with E-state index in [4.69, 9.17) is 4.74 Å². The van der Waals surface area contributed by atoms with Gasteiger partial charge in [0.05, 0.1) is 18.2 Å². The lowest BCUT2D eigenvalue weighted by Gasteiger charge is -2.36. The molecule has 1 aliphatic heterocycles. The van der Waals surface area contributed by atoms with Crippen molar-refractivity contribution >= 4 is 5.91 Å². The van der Waals surface area contributed by atoms with Gasteiger partial charge < -0.3 is 20.5 Å². The van der Waals surface area contributed by atoms with E-state index in [-0.39, 0.29) is 24.5 Å². The summed E-state index contributed by atoms with van der Waals surface area (Å²) >= 11 is 0. The van der Waals surface area contributed by atoms with Crippen LogP contribution in [0.4, 0.5) is 8.78 Å². The molecule has 1 aliphatic rings. The van der Waals surface area contributed by atoms with Gasteiger partial charge in [-0.25, -0.2) is 8.78 Å². The summed E-state index contributed by atoms with van der Waals surface area (Å²) in [6.07, 6.45) is 4.52. The molecule has 1 aromatic rings. The molecule has 1 fully saturated rings. The molecule has 2 rings (SSSR count). The molecule has 28 heavy (non-hydrogen) atoms. The number of ether oxygens (including phenoxy) is 1. The topological polar surface area (TPSA) is 70.6 Å². The second-order valence-electron chi connectivity index (χ2n) is 7.30. The number of carbonyl (C=O) groups excluding carboxylic acids is 1. The molecule has 0 saturated carbocycles. The van der Waals surface area contributed by atoms with Crippen LogP contribution in [-0.2, 0) is 16.0 Å². The number of amides is 1. The van der Waals surface area contributed by atoms with Gasteiger partial charge in [0, 0.05) is 32.2 Å². The van der Waals surface area contributed by atoms with Gasteiger partial charge in [-0.3, -0.25) is 4.79 Å². The quantitative estimate of drug-likeness (QED) is 0.420. The molecule has 156 valence electrons. The van der Waals surface area contributed by atoms with Crippen molar-refractivity contribution < 1.29 is 23.4 Å². The molecule has 3 N–H and O–H groups in total. The van der Waals surface area contributed by atoms with Crippen molar-refractivity contribution in [3.63, 3.8) is 0 Å². The average molecular weight is 396 g/mol. The minimum Gasteiger partial charge on any atom is -0.389 e. The third-order valence-corrected chi connectivity index (χ3v) is 4.90. The standard InChI is InChI=1S/C21H30F2N2O3/c1-3-4-5-8-28-18-6-7-19(24-13-18)21(27)20(25-14(2)26)11-15-9-16(22)12-17(23)10-15/h3,9-10,12,18-21,24,27H,1,4-8,11,13H2,2H3,(H,25,26)/t18-,19-,20+,21-/m1/s1. The first-order valence-corrected chi connectivity index (χ1v) is 9.75. The highest BCUT2D eigenvalue weighted by molar-refractivity contribution is 5.73. The summed E-state index contributed by atoms with van der Waals surface area (Å²) in [6, 6.07) is 2.34. The predicted octanol–water partition coefficient (Wildman–Crippen LogP) is 2.48. The Morgan fingerprint density at radius 2 is 2.11 bits per heavy atom. The Kier molecular flexibility index (Phi) is 9.02. The van der Waals surface area contributed by atoms with Gasteiger partial charge in [-0.15, -0.1) is 6.58 Å². The van der Waals surface area contributed by atoms with Gasteiger partial charge in [-0.2, -0.15) is 0 Å². The molecule has 5 nitrogen and oxygen atoms in total. The lowest BCUT2D eigenvalue weighted by Crippen LogP contribution is -2.56. The second kappa shape index (κ2) is 11.2. The summed E-state index contributed by atoms with van der Waals surface area (Å²) in [7, 11) is 0. The molecule has 0 bridgehead atoms. The fourth-order valence-corrected chi connectivity index (χ4v) is 3.55. The largest absolute Gasteiger partial charge is 0.389 e. The zero-order chi connectivity index (χ0) is 20.5. The fourth-order valence-electron chi connectivity index (χ4n) is 3.55. The number of nitrogens with one attached hydrogen (secondary N) is 2. The van der Waals surface area contributed by atoms with Crippen LogP contribution in [-0.4, -0.2) is 48.5 Å². The van der Waals surface area contributed by atoms with Gasteiger partial charge in [-0.05, 0) is 49.8 Å². The molecule has 7 heteroatoms. The summed E-state index contributed by atoms with van der Waals surface area (Å²) in [5.74, 6) is -1.67. The molecule has 1 aromatic carbocycles. The van der Waals surface area contributed by atoms with Gasteiger partial charge in [-0.1, -0.05) is 6.08 Å². The number of piperidine rings is 1. The smallest absolute Gasteiger partial charge is 0.217 e. The molecular formula is C21H30F2N2O3. The van der Waals surface area contributed by atoms with E-state index < -0.39 is 23.8 Å². The van der Waals surface area contributed by atoms with Gasteiger partial charge >= 0.3 is 0 Å². The molecule has 0 aromatic heterocycles. The van der Waals surface area contributed by atoms with Crippen LogP contribution in [0.3, 0.4) is 0 Å². The zero-order valence-electron chi connectivity index (χ0n) is 16.3. The Balaban J connectivity index is 1.92. The minimum absolute atomic E-state index is 0.0878. The Morgan fingerprint density at radius 1 is 1.39 bits per heavy atom. The van der Waals surface area contributed by atoms with Gasteiger partial charge in [0.1, 0.15) is 11.6 Å². The molecule has 1 heterocycles. The van der Waals surface area contributed by atoms with Gasteiger partial charge in [0.2, 0.25) is 5.91 Å². The van der Waals surface area contributed by atoms with Crippen molar-refractivity contribution in [2.24, 2.45) is 0 Å². The summed E-state index contributed by atoms with van der Waals surface area (Å²) in [5.41, 5.74) is 0.384. The van der Waals surface area contributed by atoms with E-state index in [0.29, 0.717) is 25.1 Å². The lowest BCUT2D eigenvalue weighted by atomic mass is 9.90. The third-order valence-electron chi connectivity index (χ3n) is 4.90. The summed E-state index contributed by atoms with van der Waals surface area (Å²) in [6.45, 7) is 6.32. The first-order valence-electron chi connectivity index (χ1n) is 9.75. The number of hydrogen-bond donors (Lipinski definition) is 3. The second-order valence-corrected chi connectivity index (χ2v) is 7.30. The molecule has 0 spiro atoms. The summed E-state index contributed by atoms with van der Waals surface area (Å²) in [5, 5.41) is 16.8. The number of aliphatic hydroxyl groups is 1. The number of rotatable bonds is 10. The van der Waals surface area contributed by atoms with Gasteiger partial charge in [0.15, 0.2) is 0 Å². The molecule has 0 radical (unpaired) electrons. The van der Waals surface area contributed by atoms with Crippen LogP contribution in [0.25, 0.3) is 0 Å². The van der Waals surface area contributed by atoms with Crippen LogP contribution < -0.4 is 10.6 Å². The minimum atomic E-state index is -0.892. The van der Waals surface area contributed by atoms with Crippen molar-refractivity contribution in [1.82, 2.24) is 10.6 Å². The Bertz CT molecular complexity index is 628. The zero-order valence-corrected chi connectivity index (χ0v) is 16.3. The van der Waals surface area contributed by atoms with E-state index >= 15 is 0 Å². The summed E-state index contributed by atoms with van der Waals surface area (Å²) < 4.78 is 32.8. The Morgan fingerprint density at radius 3 is 2.68 bits per heavy atom. The number of hydrogen-bond acceptors (Lipinski definition) is 4. The van der Waals surface area contributed by atoms with E-state index in [9.17, 15) is 18.7 Å². The number of carbonyl (C=O) groups is 1. The molecule has 1 saturated heterocycles. The maximum absolute atomic E-state index is 13.5. The van der Waals surface area contributed by atoms with E-state index in [0.717, 1.165) is 25.3 Å². The SMILES string of the molecule is C=CCCCO[C@@H]1CC[C@H]([C@@H](O)[C@H](Cc2cc(F)cc(F)c2)NC(C)=O)NC1. The van der Waals surface area contributed by atoms with Crippen molar-refractivity contribution in [2.45, 2.75) is 63.3 Å². The molecule has 1 amide bonds. The normalized spacial score (nSPS) is 21.7. The van der Waals surface area contributed by atoms with Crippen LogP contribution in [0.5, 0.6) is 0 Å². The lowest BCUT2D eigenvalue weighted by molar-refractivity contribution is -0.120. The van der Waals surface area contributed by atoms with E-state index in [1.807, 2.05) is 6.08 Å². The summed E-state index contributed by atoms with van der Waals surface area (Å²) in [4.78, 5) is 11.6. The molecule has 0 aliphatic carbocycles. The highest BCUT2D eigenvalue weighted by atomic mass is 19.1. The highest BCUT2D eigenvalue weighted by Gasteiger charge is 2.32. The predicted molar refractivity (Wildman–Crippen MR) is 104 cm³/mol. The van der Waals surface area contributed by atoms with Crippen LogP contribution >= 0.6 is 0 Å². The average Bonchev–Trinajstić information content (AvgIpc) is 2.63.